The standard InChI is InChI=1S/C21H15F2N3/c1-24-21-18-8-7-14(15-9-16(22)12-17(23)10-15)11-19(18)25-20(26-21)13-5-3-2-4-6-13/h2-12H,1H3,(H,24,25,26). The molecule has 0 bridgehead atoms. The molecule has 0 fully saturated rings. The van der Waals surface area contributed by atoms with Crippen LogP contribution in [0, 0.1) is 11.6 Å². The van der Waals surface area contributed by atoms with Crippen LogP contribution in [0.2, 0.25) is 0 Å². The Hall–Kier alpha value is -3.34. The molecular weight excluding hydrogens is 332 g/mol. The Morgan fingerprint density at radius 1 is 0.731 bits per heavy atom. The van der Waals surface area contributed by atoms with E-state index in [4.69, 9.17) is 0 Å². The number of hydrogen-bond acceptors (Lipinski definition) is 3. The van der Waals surface area contributed by atoms with Crippen LogP contribution in [0.25, 0.3) is 33.4 Å². The first-order valence-corrected chi connectivity index (χ1v) is 8.15. The SMILES string of the molecule is CNc1nc(-c2ccccc2)nc2cc(-c3cc(F)cc(F)c3)ccc12. The second kappa shape index (κ2) is 6.52. The number of benzene rings is 3. The van der Waals surface area contributed by atoms with Gasteiger partial charge >= 0.3 is 0 Å². The topological polar surface area (TPSA) is 37.8 Å². The number of fused-ring (bicyclic) bond motifs is 1. The van der Waals surface area contributed by atoms with Gasteiger partial charge in [0.15, 0.2) is 5.82 Å². The zero-order valence-corrected chi connectivity index (χ0v) is 14.0. The monoisotopic (exact) mass is 347 g/mol. The number of rotatable bonds is 3. The molecule has 0 amide bonds. The van der Waals surface area contributed by atoms with Gasteiger partial charge in [-0.05, 0) is 35.4 Å². The van der Waals surface area contributed by atoms with E-state index in [0.717, 1.165) is 17.0 Å². The highest BCUT2D eigenvalue weighted by molar-refractivity contribution is 5.93. The number of hydrogen-bond donors (Lipinski definition) is 1. The van der Waals surface area contributed by atoms with E-state index in [0.29, 0.717) is 28.3 Å². The van der Waals surface area contributed by atoms with Gasteiger partial charge in [0.2, 0.25) is 0 Å². The Kier molecular flexibility index (Phi) is 4.05. The zero-order chi connectivity index (χ0) is 18.1. The Bertz CT molecular complexity index is 1070. The van der Waals surface area contributed by atoms with Crippen molar-refractivity contribution in [2.45, 2.75) is 0 Å². The van der Waals surface area contributed by atoms with E-state index >= 15 is 0 Å². The minimum absolute atomic E-state index is 0.468. The molecule has 0 spiro atoms. The van der Waals surface area contributed by atoms with Crippen LogP contribution in [-0.4, -0.2) is 17.0 Å². The third-order valence-electron chi connectivity index (χ3n) is 4.16. The number of halogens is 2. The van der Waals surface area contributed by atoms with Gasteiger partial charge in [-0.25, -0.2) is 18.7 Å². The zero-order valence-electron chi connectivity index (χ0n) is 14.0. The van der Waals surface area contributed by atoms with E-state index in [1.165, 1.54) is 12.1 Å². The summed E-state index contributed by atoms with van der Waals surface area (Å²) in [6.45, 7) is 0. The first-order valence-electron chi connectivity index (χ1n) is 8.15. The van der Waals surface area contributed by atoms with Gasteiger partial charge in [-0.15, -0.1) is 0 Å². The average molecular weight is 347 g/mol. The molecule has 0 aliphatic carbocycles. The predicted molar refractivity (Wildman–Crippen MR) is 99.9 cm³/mol. The molecule has 0 saturated heterocycles. The van der Waals surface area contributed by atoms with E-state index in [-0.39, 0.29) is 0 Å². The lowest BCUT2D eigenvalue weighted by atomic mass is 10.0. The Balaban J connectivity index is 1.91. The Morgan fingerprint density at radius 3 is 2.15 bits per heavy atom. The third kappa shape index (κ3) is 2.99. The van der Waals surface area contributed by atoms with E-state index in [1.807, 2.05) is 48.5 Å². The summed E-state index contributed by atoms with van der Waals surface area (Å²) < 4.78 is 27.1. The highest BCUT2D eigenvalue weighted by Crippen LogP contribution is 2.29. The second-order valence-corrected chi connectivity index (χ2v) is 5.90. The lowest BCUT2D eigenvalue weighted by molar-refractivity contribution is 0.584. The fourth-order valence-electron chi connectivity index (χ4n) is 2.94. The minimum atomic E-state index is -0.608. The van der Waals surface area contributed by atoms with E-state index in [2.05, 4.69) is 15.3 Å². The summed E-state index contributed by atoms with van der Waals surface area (Å²) in [5.74, 6) is 0.0724. The summed E-state index contributed by atoms with van der Waals surface area (Å²) in [6, 6.07) is 18.6. The molecule has 4 aromatic rings. The fraction of sp³-hybridized carbons (Fsp3) is 0.0476. The van der Waals surface area contributed by atoms with E-state index in [1.54, 1.807) is 7.05 Å². The summed E-state index contributed by atoms with van der Waals surface area (Å²) >= 11 is 0. The molecule has 1 N–H and O–H groups in total. The van der Waals surface area contributed by atoms with Crippen molar-refractivity contribution in [2.24, 2.45) is 0 Å². The van der Waals surface area contributed by atoms with Crippen LogP contribution in [0.4, 0.5) is 14.6 Å². The fourth-order valence-corrected chi connectivity index (χ4v) is 2.94. The van der Waals surface area contributed by atoms with Crippen LogP contribution >= 0.6 is 0 Å². The Labute approximate surface area is 149 Å². The molecule has 128 valence electrons. The number of nitrogens with one attached hydrogen (secondary N) is 1. The van der Waals surface area contributed by atoms with Crippen LogP contribution in [0.1, 0.15) is 0 Å². The molecule has 0 aliphatic rings. The molecule has 4 rings (SSSR count). The Morgan fingerprint density at radius 2 is 1.46 bits per heavy atom. The quantitative estimate of drug-likeness (QED) is 0.548. The lowest BCUT2D eigenvalue weighted by Crippen LogP contribution is -1.99. The maximum absolute atomic E-state index is 13.6. The summed E-state index contributed by atoms with van der Waals surface area (Å²) in [7, 11) is 1.80. The smallest absolute Gasteiger partial charge is 0.162 e. The summed E-state index contributed by atoms with van der Waals surface area (Å²) in [5.41, 5.74) is 2.75. The van der Waals surface area contributed by atoms with Gasteiger partial charge in [0.05, 0.1) is 5.52 Å². The van der Waals surface area contributed by atoms with Crippen LogP contribution in [-0.2, 0) is 0 Å². The van der Waals surface area contributed by atoms with Crippen molar-refractivity contribution in [1.82, 2.24) is 9.97 Å². The molecular formula is C21H15F2N3. The van der Waals surface area contributed by atoms with Gasteiger partial charge in [0, 0.05) is 24.1 Å². The van der Waals surface area contributed by atoms with Gasteiger partial charge in [-0.3, -0.25) is 0 Å². The molecule has 0 atom stereocenters. The van der Waals surface area contributed by atoms with Crippen LogP contribution in [0.15, 0.2) is 66.7 Å². The molecule has 0 unspecified atom stereocenters. The molecule has 3 aromatic carbocycles. The van der Waals surface area contributed by atoms with Crippen molar-refractivity contribution in [3.63, 3.8) is 0 Å². The van der Waals surface area contributed by atoms with Crippen molar-refractivity contribution >= 4 is 16.7 Å². The van der Waals surface area contributed by atoms with Crippen LogP contribution in [0.3, 0.4) is 0 Å². The summed E-state index contributed by atoms with van der Waals surface area (Å²) in [4.78, 5) is 9.22. The van der Waals surface area contributed by atoms with Gasteiger partial charge < -0.3 is 5.32 Å². The van der Waals surface area contributed by atoms with Crippen molar-refractivity contribution in [3.8, 4) is 22.5 Å². The molecule has 0 saturated carbocycles. The summed E-state index contributed by atoms with van der Waals surface area (Å²) in [6.07, 6.45) is 0. The maximum Gasteiger partial charge on any atom is 0.162 e. The van der Waals surface area contributed by atoms with E-state index < -0.39 is 11.6 Å². The number of aromatic nitrogens is 2. The van der Waals surface area contributed by atoms with Crippen molar-refractivity contribution in [1.29, 1.82) is 0 Å². The normalized spacial score (nSPS) is 10.9. The lowest BCUT2D eigenvalue weighted by Gasteiger charge is -2.10. The molecule has 1 heterocycles. The molecule has 1 aromatic heterocycles. The average Bonchev–Trinajstić information content (AvgIpc) is 2.66. The van der Waals surface area contributed by atoms with E-state index in [9.17, 15) is 8.78 Å². The third-order valence-corrected chi connectivity index (χ3v) is 4.16. The molecule has 3 nitrogen and oxygen atoms in total. The molecule has 26 heavy (non-hydrogen) atoms. The molecule has 5 heteroatoms. The number of anilines is 1. The first kappa shape index (κ1) is 16.1. The van der Waals surface area contributed by atoms with Crippen LogP contribution in [0.5, 0.6) is 0 Å². The number of nitrogens with zero attached hydrogens (tertiary/aromatic N) is 2. The van der Waals surface area contributed by atoms with Gasteiger partial charge in [0.1, 0.15) is 17.5 Å². The largest absolute Gasteiger partial charge is 0.373 e. The van der Waals surface area contributed by atoms with Gasteiger partial charge in [-0.1, -0.05) is 36.4 Å². The first-order chi connectivity index (χ1) is 12.6. The van der Waals surface area contributed by atoms with Crippen LogP contribution < -0.4 is 5.32 Å². The highest BCUT2D eigenvalue weighted by Gasteiger charge is 2.11. The highest BCUT2D eigenvalue weighted by atomic mass is 19.1. The van der Waals surface area contributed by atoms with Gasteiger partial charge in [-0.2, -0.15) is 0 Å². The van der Waals surface area contributed by atoms with Crippen molar-refractivity contribution < 1.29 is 8.78 Å². The summed E-state index contributed by atoms with van der Waals surface area (Å²) in [5, 5.41) is 3.93. The van der Waals surface area contributed by atoms with Crippen molar-refractivity contribution in [2.75, 3.05) is 12.4 Å². The predicted octanol–water partition coefficient (Wildman–Crippen LogP) is 5.28. The maximum atomic E-state index is 13.6. The second-order valence-electron chi connectivity index (χ2n) is 5.90. The van der Waals surface area contributed by atoms with Gasteiger partial charge in [0.25, 0.3) is 0 Å². The minimum Gasteiger partial charge on any atom is -0.373 e. The van der Waals surface area contributed by atoms with Crippen molar-refractivity contribution in [3.05, 3.63) is 78.4 Å². The molecule has 0 aliphatic heterocycles. The molecule has 0 radical (unpaired) electrons.